The molecule has 0 aliphatic rings. The number of carbonyl (C=O) groups excluding carboxylic acids is 4. The lowest BCUT2D eigenvalue weighted by Crippen LogP contribution is -2.50. The summed E-state index contributed by atoms with van der Waals surface area (Å²) < 4.78 is 37.3. The van der Waals surface area contributed by atoms with E-state index in [0.29, 0.717) is 42.1 Å². The molecule has 0 aliphatic carbocycles. The molecule has 0 unspecified atom stereocenters. The van der Waals surface area contributed by atoms with Crippen molar-refractivity contribution in [1.82, 2.24) is 20.1 Å². The smallest absolute Gasteiger partial charge is 0.407 e. The van der Waals surface area contributed by atoms with Gasteiger partial charge in [0.25, 0.3) is 5.91 Å². The van der Waals surface area contributed by atoms with E-state index in [-0.39, 0.29) is 30.5 Å². The number of amides is 4. The Morgan fingerprint density at radius 1 is 0.900 bits per heavy atom. The van der Waals surface area contributed by atoms with Crippen LogP contribution < -0.4 is 21.7 Å². The van der Waals surface area contributed by atoms with Crippen molar-refractivity contribution in [2.75, 3.05) is 25.0 Å². The molecule has 1 heterocycles. The standard InChI is InChI=1S/C46H62F2N6O5Si/c1-30(2)40(49)43(56)51-31(3)42(55)52-36-19-16-33(17-20-36)44(57)54(23-13-22-50-45(58)59-24-25-60(7,8)9)41(46(4,5)6)39-26-34(37-27-35(47)18-21-38(37)48)29-53(39)28-32-14-11-10-12-15-32/h10-12,14-21,26-27,29-31,40-41H,13,22-25,28,49H2,1-9H3,(H,50,58)(H,51,56)(H,52,55)/t31-,40-,41-/m0/s1. The number of halogens is 2. The van der Waals surface area contributed by atoms with Crippen LogP contribution in [0.1, 0.15) is 75.6 Å². The second kappa shape index (κ2) is 20.8. The molecule has 0 saturated carbocycles. The monoisotopic (exact) mass is 844 g/mol. The summed E-state index contributed by atoms with van der Waals surface area (Å²) in [7, 11) is -1.40. The second-order valence-corrected chi connectivity index (χ2v) is 23.6. The van der Waals surface area contributed by atoms with E-state index < -0.39 is 61.2 Å². The third-order valence-corrected chi connectivity index (χ3v) is 11.8. The molecule has 0 spiro atoms. The number of alkyl carbamates (subject to hydrolysis) is 1. The molecule has 60 heavy (non-hydrogen) atoms. The number of ether oxygens (including phenoxy) is 1. The molecule has 4 rings (SSSR count). The molecule has 1 aromatic heterocycles. The third-order valence-electron chi connectivity index (χ3n) is 10.1. The predicted octanol–water partition coefficient (Wildman–Crippen LogP) is 8.59. The fraction of sp³-hybridized carbons (Fsp3) is 0.435. The highest BCUT2D eigenvalue weighted by Gasteiger charge is 2.38. The van der Waals surface area contributed by atoms with Crippen molar-refractivity contribution >= 4 is 37.6 Å². The molecule has 0 aliphatic heterocycles. The van der Waals surface area contributed by atoms with Crippen molar-refractivity contribution < 1.29 is 32.7 Å². The molecule has 0 radical (unpaired) electrons. The van der Waals surface area contributed by atoms with Crippen molar-refractivity contribution in [3.05, 3.63) is 114 Å². The lowest BCUT2D eigenvalue weighted by Gasteiger charge is -2.41. The highest BCUT2D eigenvalue weighted by atomic mass is 28.3. The van der Waals surface area contributed by atoms with Crippen molar-refractivity contribution in [2.45, 2.75) is 98.3 Å². The van der Waals surface area contributed by atoms with Gasteiger partial charge in [-0.2, -0.15) is 0 Å². The Labute approximate surface area is 354 Å². The SMILES string of the molecule is CC(C)[C@H](N)C(=O)N[C@@H](C)C(=O)Nc1ccc(C(=O)N(CCCNC(=O)OCC[Si](C)(C)C)[C@@H](c2cc(-c3cc(F)ccc3F)cn2Cc2ccccc2)C(C)(C)C)cc1. The maximum Gasteiger partial charge on any atom is 0.407 e. The zero-order chi connectivity index (χ0) is 44.4. The van der Waals surface area contributed by atoms with E-state index in [1.165, 1.54) is 6.07 Å². The van der Waals surface area contributed by atoms with E-state index in [1.54, 1.807) is 42.3 Å². The Hall–Kier alpha value is -5.34. The topological polar surface area (TPSA) is 148 Å². The molecule has 3 atom stereocenters. The number of hydrogen-bond acceptors (Lipinski definition) is 6. The Morgan fingerprint density at radius 3 is 2.18 bits per heavy atom. The van der Waals surface area contributed by atoms with Gasteiger partial charge < -0.3 is 35.9 Å². The van der Waals surface area contributed by atoms with Crippen molar-refractivity contribution in [1.29, 1.82) is 0 Å². The molecule has 5 N–H and O–H groups in total. The van der Waals surface area contributed by atoms with E-state index in [1.807, 2.05) is 75.6 Å². The first-order chi connectivity index (χ1) is 28.1. The number of hydrogen-bond donors (Lipinski definition) is 4. The molecular formula is C46H62F2N6O5Si. The number of nitrogens with zero attached hydrogens (tertiary/aromatic N) is 2. The van der Waals surface area contributed by atoms with Crippen LogP contribution in [0.2, 0.25) is 25.7 Å². The summed E-state index contributed by atoms with van der Waals surface area (Å²) in [6.45, 7) is 19.0. The molecule has 4 amide bonds. The number of rotatable bonds is 18. The van der Waals surface area contributed by atoms with Crippen molar-refractivity contribution in [3.63, 3.8) is 0 Å². The van der Waals surface area contributed by atoms with E-state index in [4.69, 9.17) is 10.5 Å². The highest BCUT2D eigenvalue weighted by Crippen LogP contribution is 2.42. The Bertz CT molecular complexity index is 2080. The van der Waals surface area contributed by atoms with Crippen LogP contribution in [0, 0.1) is 23.0 Å². The van der Waals surface area contributed by atoms with Crippen LogP contribution in [0.5, 0.6) is 0 Å². The van der Waals surface area contributed by atoms with Gasteiger partial charge in [0.15, 0.2) is 0 Å². The molecule has 0 saturated heterocycles. The average molecular weight is 845 g/mol. The number of aromatic nitrogens is 1. The summed E-state index contributed by atoms with van der Waals surface area (Å²) in [6.07, 6.45) is 1.65. The van der Waals surface area contributed by atoms with Crippen LogP contribution in [0.25, 0.3) is 11.1 Å². The minimum absolute atomic E-state index is 0.0970. The predicted molar refractivity (Wildman–Crippen MR) is 236 cm³/mol. The van der Waals surface area contributed by atoms with Gasteiger partial charge in [0.05, 0.1) is 18.7 Å². The second-order valence-electron chi connectivity index (χ2n) is 18.0. The average Bonchev–Trinajstić information content (AvgIpc) is 3.57. The number of carbonyl (C=O) groups is 4. The van der Waals surface area contributed by atoms with Gasteiger partial charge >= 0.3 is 6.09 Å². The first-order valence-electron chi connectivity index (χ1n) is 20.5. The molecule has 11 nitrogen and oxygen atoms in total. The molecule has 0 bridgehead atoms. The van der Waals surface area contributed by atoms with Crippen LogP contribution in [0.4, 0.5) is 19.3 Å². The lowest BCUT2D eigenvalue weighted by molar-refractivity contribution is -0.127. The normalized spacial score (nSPS) is 13.3. The van der Waals surface area contributed by atoms with Crippen LogP contribution >= 0.6 is 0 Å². The number of anilines is 1. The summed E-state index contributed by atoms with van der Waals surface area (Å²) in [5.41, 5.74) is 8.33. The summed E-state index contributed by atoms with van der Waals surface area (Å²) in [5, 5.41) is 8.25. The number of nitrogens with one attached hydrogen (secondary N) is 3. The Kier molecular flexibility index (Phi) is 16.4. The summed E-state index contributed by atoms with van der Waals surface area (Å²) in [4.78, 5) is 54.7. The van der Waals surface area contributed by atoms with Crippen LogP contribution in [0.3, 0.4) is 0 Å². The Balaban J connectivity index is 1.70. The molecule has 0 fully saturated rings. The largest absolute Gasteiger partial charge is 0.450 e. The van der Waals surface area contributed by atoms with E-state index >= 15 is 4.39 Å². The first kappa shape index (κ1) is 47.3. The summed E-state index contributed by atoms with van der Waals surface area (Å²) in [6, 6.07) is 20.0. The highest BCUT2D eigenvalue weighted by molar-refractivity contribution is 6.76. The number of nitrogens with two attached hydrogens (primary N) is 1. The van der Waals surface area contributed by atoms with Gasteiger partial charge in [-0.05, 0) is 84.8 Å². The van der Waals surface area contributed by atoms with Gasteiger partial charge in [0.1, 0.15) is 17.7 Å². The van der Waals surface area contributed by atoms with E-state index in [2.05, 4.69) is 35.6 Å². The first-order valence-corrected chi connectivity index (χ1v) is 24.2. The number of benzene rings is 3. The van der Waals surface area contributed by atoms with Crippen LogP contribution in [0.15, 0.2) is 85.1 Å². The molecule has 3 aromatic carbocycles. The van der Waals surface area contributed by atoms with Crippen molar-refractivity contribution in [2.24, 2.45) is 17.1 Å². The van der Waals surface area contributed by atoms with Gasteiger partial charge in [-0.3, -0.25) is 14.4 Å². The lowest BCUT2D eigenvalue weighted by atomic mass is 9.82. The Morgan fingerprint density at radius 2 is 1.57 bits per heavy atom. The van der Waals surface area contributed by atoms with Crippen LogP contribution in [-0.4, -0.2) is 73.1 Å². The van der Waals surface area contributed by atoms with Gasteiger partial charge in [-0.1, -0.05) is 84.6 Å². The maximum atomic E-state index is 15.3. The van der Waals surface area contributed by atoms with Gasteiger partial charge in [0.2, 0.25) is 11.8 Å². The third kappa shape index (κ3) is 13.6. The zero-order valence-electron chi connectivity index (χ0n) is 36.4. The minimum atomic E-state index is -1.40. The van der Waals surface area contributed by atoms with Crippen LogP contribution in [-0.2, 0) is 20.9 Å². The van der Waals surface area contributed by atoms with Gasteiger partial charge in [0, 0.05) is 62.0 Å². The molecule has 4 aromatic rings. The maximum absolute atomic E-state index is 15.3. The quantitative estimate of drug-likeness (QED) is 0.0583. The van der Waals surface area contributed by atoms with Crippen molar-refractivity contribution in [3.8, 4) is 11.1 Å². The fourth-order valence-electron chi connectivity index (χ4n) is 6.69. The zero-order valence-corrected chi connectivity index (χ0v) is 37.4. The summed E-state index contributed by atoms with van der Waals surface area (Å²) in [5.74, 6) is -2.46. The van der Waals surface area contributed by atoms with Gasteiger partial charge in [-0.25, -0.2) is 13.6 Å². The van der Waals surface area contributed by atoms with Gasteiger partial charge in [-0.15, -0.1) is 0 Å². The minimum Gasteiger partial charge on any atom is -0.450 e. The van der Waals surface area contributed by atoms with E-state index in [9.17, 15) is 23.6 Å². The molecule has 14 heteroatoms. The fourth-order valence-corrected chi connectivity index (χ4v) is 7.41. The summed E-state index contributed by atoms with van der Waals surface area (Å²) >= 11 is 0. The molecular weight excluding hydrogens is 783 g/mol. The van der Waals surface area contributed by atoms with E-state index in [0.717, 1.165) is 23.7 Å². The molecule has 324 valence electrons.